The second-order valence-electron chi connectivity index (χ2n) is 9.29. The summed E-state index contributed by atoms with van der Waals surface area (Å²) >= 11 is 6.08. The number of hydrogen-bond acceptors (Lipinski definition) is 6. The van der Waals surface area contributed by atoms with Crippen LogP contribution in [0.5, 0.6) is 17.2 Å². The number of hydrogen-bond donors (Lipinski definition) is 2. The lowest BCUT2D eigenvalue weighted by atomic mass is 10.0. The van der Waals surface area contributed by atoms with Gasteiger partial charge in [0.2, 0.25) is 0 Å². The molecule has 1 atom stereocenters. The molecule has 0 radical (unpaired) electrons. The summed E-state index contributed by atoms with van der Waals surface area (Å²) in [6, 6.07) is 12.7. The highest BCUT2D eigenvalue weighted by molar-refractivity contribution is 6.30. The lowest BCUT2D eigenvalue weighted by molar-refractivity contribution is -0.139. The summed E-state index contributed by atoms with van der Waals surface area (Å²) in [5.74, 6) is -0.913. The molecule has 0 aromatic heterocycles. The van der Waals surface area contributed by atoms with E-state index in [-0.39, 0.29) is 31.0 Å². The number of carbonyl (C=O) groups excluding carboxylic acids is 1. The lowest BCUT2D eigenvalue weighted by Crippen LogP contribution is -2.37. The summed E-state index contributed by atoms with van der Waals surface area (Å²) in [4.78, 5) is 26.2. The SMILES string of the molecule is CC.COc1cc(NC(C(=O)N2CCc3cc(OC)c(C(F)(F)F)cc32)c2ccc(Cl)cc2)cc(OCCCC(=O)O)c1. The van der Waals surface area contributed by atoms with Crippen LogP contribution in [0.15, 0.2) is 54.6 Å². The van der Waals surface area contributed by atoms with Crippen LogP contribution in [-0.2, 0) is 22.2 Å². The van der Waals surface area contributed by atoms with E-state index in [4.69, 9.17) is 30.9 Å². The van der Waals surface area contributed by atoms with Gasteiger partial charge in [-0.1, -0.05) is 37.6 Å². The molecule has 0 saturated heterocycles. The second kappa shape index (κ2) is 14.9. The van der Waals surface area contributed by atoms with E-state index < -0.39 is 29.7 Å². The van der Waals surface area contributed by atoms with Crippen LogP contribution in [-0.4, -0.2) is 44.4 Å². The summed E-state index contributed by atoms with van der Waals surface area (Å²) in [6.07, 6.45) is -4.08. The van der Waals surface area contributed by atoms with Gasteiger partial charge in [0.15, 0.2) is 0 Å². The van der Waals surface area contributed by atoms with Gasteiger partial charge in [0, 0.05) is 47.6 Å². The average Bonchev–Trinajstić information content (AvgIpc) is 3.41. The molecule has 1 heterocycles. The van der Waals surface area contributed by atoms with Gasteiger partial charge >= 0.3 is 12.1 Å². The molecule has 232 valence electrons. The maximum absolute atomic E-state index is 14.0. The average molecular weight is 623 g/mol. The number of carbonyl (C=O) groups is 2. The summed E-state index contributed by atoms with van der Waals surface area (Å²) in [6.45, 7) is 4.33. The van der Waals surface area contributed by atoms with E-state index in [1.807, 2.05) is 13.8 Å². The number of nitrogens with one attached hydrogen (secondary N) is 1. The zero-order chi connectivity index (χ0) is 31.7. The Morgan fingerprint density at radius 3 is 2.30 bits per heavy atom. The normalized spacial score (nSPS) is 12.9. The van der Waals surface area contributed by atoms with Gasteiger partial charge in [-0.15, -0.1) is 0 Å². The van der Waals surface area contributed by atoms with Crippen LogP contribution in [0.2, 0.25) is 5.02 Å². The van der Waals surface area contributed by atoms with E-state index in [1.165, 1.54) is 25.2 Å². The predicted molar refractivity (Wildman–Crippen MR) is 159 cm³/mol. The molecule has 1 aliphatic heterocycles. The summed E-state index contributed by atoms with van der Waals surface area (Å²) in [7, 11) is 2.64. The molecule has 8 nitrogen and oxygen atoms in total. The van der Waals surface area contributed by atoms with Crippen LogP contribution in [0.3, 0.4) is 0 Å². The highest BCUT2D eigenvalue weighted by atomic mass is 35.5. The Bertz CT molecular complexity index is 1420. The number of methoxy groups -OCH3 is 2. The first-order valence-corrected chi connectivity index (χ1v) is 14.0. The van der Waals surface area contributed by atoms with Gasteiger partial charge in [-0.2, -0.15) is 13.2 Å². The van der Waals surface area contributed by atoms with Gasteiger partial charge in [-0.05, 0) is 48.2 Å². The van der Waals surface area contributed by atoms with Gasteiger partial charge in [0.05, 0.1) is 26.4 Å². The first-order chi connectivity index (χ1) is 20.5. The van der Waals surface area contributed by atoms with E-state index >= 15 is 0 Å². The minimum Gasteiger partial charge on any atom is -0.497 e. The highest BCUT2D eigenvalue weighted by Gasteiger charge is 2.39. The van der Waals surface area contributed by atoms with Crippen LogP contribution in [0.4, 0.5) is 24.5 Å². The first-order valence-electron chi connectivity index (χ1n) is 13.7. The van der Waals surface area contributed by atoms with Gasteiger partial charge < -0.3 is 29.5 Å². The molecule has 0 fully saturated rings. The zero-order valence-corrected chi connectivity index (χ0v) is 25.0. The molecule has 43 heavy (non-hydrogen) atoms. The largest absolute Gasteiger partial charge is 0.497 e. The molecule has 0 spiro atoms. The van der Waals surface area contributed by atoms with E-state index in [1.54, 1.807) is 42.5 Å². The number of anilines is 2. The molecule has 4 rings (SSSR count). The third-order valence-electron chi connectivity index (χ3n) is 6.55. The third-order valence-corrected chi connectivity index (χ3v) is 6.80. The molecule has 0 bridgehead atoms. The van der Waals surface area contributed by atoms with Crippen LogP contribution in [0, 0.1) is 0 Å². The Morgan fingerprint density at radius 2 is 1.70 bits per heavy atom. The molecular formula is C31H34ClF3N2O6. The molecule has 1 unspecified atom stereocenters. The van der Waals surface area contributed by atoms with Crippen molar-refractivity contribution >= 4 is 34.9 Å². The number of fused-ring (bicyclic) bond motifs is 1. The topological polar surface area (TPSA) is 97.3 Å². The number of rotatable bonds is 11. The lowest BCUT2D eigenvalue weighted by Gasteiger charge is -2.27. The van der Waals surface area contributed by atoms with Crippen LogP contribution in [0.1, 0.15) is 49.4 Å². The summed E-state index contributed by atoms with van der Waals surface area (Å²) in [5.41, 5.74) is 0.737. The quantitative estimate of drug-likeness (QED) is 0.215. The fraction of sp³-hybridized carbons (Fsp3) is 0.355. The van der Waals surface area contributed by atoms with Gasteiger partial charge in [-0.25, -0.2) is 0 Å². The van der Waals surface area contributed by atoms with E-state index in [9.17, 15) is 22.8 Å². The minimum absolute atomic E-state index is 0.0541. The molecule has 2 N–H and O–H groups in total. The van der Waals surface area contributed by atoms with Gasteiger partial charge in [-0.3, -0.25) is 9.59 Å². The fourth-order valence-electron chi connectivity index (χ4n) is 4.57. The Balaban J connectivity index is 0.00000248. The van der Waals surface area contributed by atoms with Crippen molar-refractivity contribution in [1.82, 2.24) is 0 Å². The molecule has 1 aliphatic rings. The Hall–Kier alpha value is -4.12. The van der Waals surface area contributed by atoms with Crippen molar-refractivity contribution in [2.24, 2.45) is 0 Å². The molecule has 1 amide bonds. The van der Waals surface area contributed by atoms with Crippen molar-refractivity contribution in [3.05, 3.63) is 76.3 Å². The molecule has 0 aliphatic carbocycles. The van der Waals surface area contributed by atoms with E-state index in [2.05, 4.69) is 5.32 Å². The number of carboxylic acid groups (broad SMARTS) is 1. The van der Waals surface area contributed by atoms with E-state index in [0.29, 0.717) is 46.2 Å². The molecule has 12 heteroatoms. The first kappa shape index (κ1) is 33.4. The van der Waals surface area contributed by atoms with Crippen molar-refractivity contribution in [2.45, 2.75) is 45.3 Å². The monoisotopic (exact) mass is 622 g/mol. The summed E-state index contributed by atoms with van der Waals surface area (Å²) in [5, 5.41) is 12.5. The number of alkyl halides is 3. The number of benzene rings is 3. The third kappa shape index (κ3) is 8.47. The van der Waals surface area contributed by atoms with Gasteiger partial charge in [0.25, 0.3) is 5.91 Å². The smallest absolute Gasteiger partial charge is 0.420 e. The maximum Gasteiger partial charge on any atom is 0.420 e. The van der Waals surface area contributed by atoms with Crippen molar-refractivity contribution in [3.63, 3.8) is 0 Å². The van der Waals surface area contributed by atoms with Crippen molar-refractivity contribution in [2.75, 3.05) is 37.6 Å². The molecular weight excluding hydrogens is 589 g/mol. The summed E-state index contributed by atoms with van der Waals surface area (Å²) < 4.78 is 57.4. The number of halogens is 4. The molecule has 3 aromatic carbocycles. The number of ether oxygens (including phenoxy) is 3. The van der Waals surface area contributed by atoms with Crippen molar-refractivity contribution < 1.29 is 42.1 Å². The standard InChI is InChI=1S/C29H28ClF3N2O6.C2H6/c1-39-21-13-20(14-22(15-21)41-11-3-4-26(36)37)34-27(17-5-7-19(30)8-6-17)28(38)35-10-9-18-12-25(40-2)23(16-24(18)35)29(31,32)33;1-2/h5-8,12-16,27,34H,3-4,9-11H2,1-2H3,(H,36,37);1-2H3. The number of aliphatic carboxylic acids is 1. The second-order valence-corrected chi connectivity index (χ2v) is 9.73. The Morgan fingerprint density at radius 1 is 1.02 bits per heavy atom. The zero-order valence-electron chi connectivity index (χ0n) is 24.3. The number of nitrogens with zero attached hydrogens (tertiary/aromatic N) is 1. The van der Waals surface area contributed by atoms with E-state index in [0.717, 1.165) is 6.07 Å². The number of amides is 1. The minimum atomic E-state index is -4.67. The van der Waals surface area contributed by atoms with Gasteiger partial charge in [0.1, 0.15) is 23.3 Å². The predicted octanol–water partition coefficient (Wildman–Crippen LogP) is 7.39. The molecule has 3 aromatic rings. The Labute approximate surface area is 253 Å². The van der Waals surface area contributed by atoms with Crippen LogP contribution < -0.4 is 24.4 Å². The fourth-order valence-corrected chi connectivity index (χ4v) is 4.70. The molecule has 0 saturated carbocycles. The Kier molecular flexibility index (Phi) is 11.5. The maximum atomic E-state index is 14.0. The van der Waals surface area contributed by atoms with Crippen LogP contribution in [0.25, 0.3) is 0 Å². The van der Waals surface area contributed by atoms with Crippen molar-refractivity contribution in [3.8, 4) is 17.2 Å². The number of carboxylic acids is 1. The highest BCUT2D eigenvalue weighted by Crippen LogP contribution is 2.43. The van der Waals surface area contributed by atoms with Crippen molar-refractivity contribution in [1.29, 1.82) is 0 Å². The van der Waals surface area contributed by atoms with Crippen LogP contribution >= 0.6 is 11.6 Å².